The number of methoxy groups -OCH3 is 1. The second-order valence-corrected chi connectivity index (χ2v) is 9.53. The lowest BCUT2D eigenvalue weighted by Crippen LogP contribution is -2.52. The van der Waals surface area contributed by atoms with Crippen LogP contribution in [-0.4, -0.2) is 137 Å². The summed E-state index contributed by atoms with van der Waals surface area (Å²) in [7, 11) is 1.71. The van der Waals surface area contributed by atoms with Crippen LogP contribution in [0.2, 0.25) is 0 Å². The average molecular weight is 519 g/mol. The highest BCUT2D eigenvalue weighted by atomic mass is 16.5. The lowest BCUT2D eigenvalue weighted by molar-refractivity contribution is 0.0657. The zero-order chi connectivity index (χ0) is 26.9. The Kier molecular flexibility index (Phi) is 15.9. The molecule has 36 heavy (non-hydrogen) atoms. The number of aliphatic hydroxyl groups is 1. The van der Waals surface area contributed by atoms with Gasteiger partial charge in [0.25, 0.3) is 0 Å². The van der Waals surface area contributed by atoms with Gasteiger partial charge in [0.15, 0.2) is 0 Å². The first-order chi connectivity index (χ1) is 17.1. The fraction of sp³-hybridized carbons (Fsp3) is 0.875. The molecule has 0 radical (unpaired) electrons. The van der Waals surface area contributed by atoms with Crippen LogP contribution in [0.3, 0.4) is 0 Å². The van der Waals surface area contributed by atoms with Crippen LogP contribution in [0.4, 0.5) is 14.4 Å². The maximum atomic E-state index is 11.8. The SMILES string of the molecule is COCCCCCCCCCC(O)CN1CCN(C(=O)O)CCN(C(=O)O)CC(C)N(C(=O)O)CC1. The summed E-state index contributed by atoms with van der Waals surface area (Å²) in [6.45, 7) is 3.57. The van der Waals surface area contributed by atoms with Gasteiger partial charge in [-0.25, -0.2) is 14.4 Å². The van der Waals surface area contributed by atoms with Gasteiger partial charge in [-0.15, -0.1) is 0 Å². The van der Waals surface area contributed by atoms with Crippen LogP contribution < -0.4 is 0 Å². The van der Waals surface area contributed by atoms with Gasteiger partial charge in [-0.1, -0.05) is 38.5 Å². The predicted octanol–water partition coefficient (Wildman–Crippen LogP) is 2.76. The third kappa shape index (κ3) is 13.1. The van der Waals surface area contributed by atoms with Crippen molar-refractivity contribution in [2.75, 3.05) is 66.1 Å². The highest BCUT2D eigenvalue weighted by Crippen LogP contribution is 2.12. The molecular formula is C24H46N4O8. The van der Waals surface area contributed by atoms with Crippen LogP contribution in [0.1, 0.15) is 58.3 Å². The number of carboxylic acid groups (broad SMARTS) is 3. The maximum Gasteiger partial charge on any atom is 0.407 e. The minimum atomic E-state index is -1.22. The fourth-order valence-corrected chi connectivity index (χ4v) is 4.44. The average Bonchev–Trinajstić information content (AvgIpc) is 2.80. The summed E-state index contributed by atoms with van der Waals surface area (Å²) < 4.78 is 5.05. The number of aliphatic hydroxyl groups excluding tert-OH is 1. The van der Waals surface area contributed by atoms with Crippen LogP contribution in [0.15, 0.2) is 0 Å². The lowest BCUT2D eigenvalue weighted by atomic mass is 10.1. The molecule has 2 atom stereocenters. The van der Waals surface area contributed by atoms with Crippen molar-refractivity contribution < 1.29 is 39.5 Å². The molecule has 1 aliphatic rings. The van der Waals surface area contributed by atoms with Gasteiger partial charge in [-0.05, 0) is 19.8 Å². The first-order valence-electron chi connectivity index (χ1n) is 13.0. The third-order valence-electron chi connectivity index (χ3n) is 6.64. The van der Waals surface area contributed by atoms with Gasteiger partial charge >= 0.3 is 18.3 Å². The van der Waals surface area contributed by atoms with E-state index < -0.39 is 30.4 Å². The zero-order valence-electron chi connectivity index (χ0n) is 21.9. The molecule has 1 fully saturated rings. The van der Waals surface area contributed by atoms with Gasteiger partial charge in [0.05, 0.1) is 6.10 Å². The van der Waals surface area contributed by atoms with Crippen LogP contribution in [0.25, 0.3) is 0 Å². The highest BCUT2D eigenvalue weighted by molar-refractivity contribution is 5.67. The summed E-state index contributed by atoms with van der Waals surface area (Å²) in [5, 5.41) is 39.3. The summed E-state index contributed by atoms with van der Waals surface area (Å²) in [4.78, 5) is 40.4. The molecule has 3 amide bonds. The molecule has 0 aromatic heterocycles. The Balaban J connectivity index is 2.64. The monoisotopic (exact) mass is 518 g/mol. The summed E-state index contributed by atoms with van der Waals surface area (Å²) in [6.07, 6.45) is 4.21. The highest BCUT2D eigenvalue weighted by Gasteiger charge is 2.27. The molecule has 2 unspecified atom stereocenters. The van der Waals surface area contributed by atoms with Crippen LogP contribution in [0.5, 0.6) is 0 Å². The molecular weight excluding hydrogens is 472 g/mol. The topological polar surface area (TPSA) is 154 Å². The van der Waals surface area contributed by atoms with Crippen LogP contribution in [-0.2, 0) is 4.74 Å². The van der Waals surface area contributed by atoms with Crippen molar-refractivity contribution in [2.45, 2.75) is 70.4 Å². The van der Waals surface area contributed by atoms with E-state index in [-0.39, 0.29) is 32.7 Å². The van der Waals surface area contributed by atoms with Crippen molar-refractivity contribution in [3.8, 4) is 0 Å². The van der Waals surface area contributed by atoms with Gasteiger partial charge in [-0.3, -0.25) is 4.90 Å². The molecule has 12 heteroatoms. The Labute approximate surface area is 214 Å². The first-order valence-corrected chi connectivity index (χ1v) is 13.0. The molecule has 0 bridgehead atoms. The van der Waals surface area contributed by atoms with Crippen molar-refractivity contribution in [1.29, 1.82) is 0 Å². The summed E-state index contributed by atoms with van der Waals surface area (Å²) in [5.41, 5.74) is 0. The predicted molar refractivity (Wildman–Crippen MR) is 135 cm³/mol. The van der Waals surface area contributed by atoms with Crippen molar-refractivity contribution in [3.05, 3.63) is 0 Å². The molecule has 1 heterocycles. The lowest BCUT2D eigenvalue weighted by Gasteiger charge is -2.35. The molecule has 0 aromatic rings. The van der Waals surface area contributed by atoms with Gasteiger partial charge in [0.2, 0.25) is 0 Å². The van der Waals surface area contributed by atoms with Crippen molar-refractivity contribution >= 4 is 18.3 Å². The Hall–Kier alpha value is -2.31. The molecule has 4 N–H and O–H groups in total. The fourth-order valence-electron chi connectivity index (χ4n) is 4.44. The molecule has 1 aliphatic heterocycles. The Morgan fingerprint density at radius 2 is 1.31 bits per heavy atom. The number of nitrogens with zero attached hydrogens (tertiary/aromatic N) is 4. The van der Waals surface area contributed by atoms with Crippen molar-refractivity contribution in [3.63, 3.8) is 0 Å². The normalized spacial score (nSPS) is 19.4. The first kappa shape index (κ1) is 31.7. The molecule has 210 valence electrons. The van der Waals surface area contributed by atoms with E-state index in [9.17, 15) is 34.8 Å². The molecule has 0 aromatic carbocycles. The summed E-state index contributed by atoms with van der Waals surface area (Å²) in [5.74, 6) is 0. The van der Waals surface area contributed by atoms with Gasteiger partial charge < -0.3 is 39.9 Å². The molecule has 12 nitrogen and oxygen atoms in total. The van der Waals surface area contributed by atoms with E-state index in [0.717, 1.165) is 37.2 Å². The quantitative estimate of drug-likeness (QED) is 0.285. The van der Waals surface area contributed by atoms with Gasteiger partial charge in [0, 0.05) is 72.1 Å². The minimum absolute atomic E-state index is 0.0106. The number of amides is 3. The number of rotatable bonds is 12. The molecule has 0 saturated carbocycles. The second kappa shape index (κ2) is 18.0. The van der Waals surface area contributed by atoms with E-state index in [1.54, 1.807) is 14.0 Å². The minimum Gasteiger partial charge on any atom is -0.465 e. The number of β-amino-alcohol motifs (C(OH)–C–C–N with tert-alkyl or cyclic N) is 1. The zero-order valence-corrected chi connectivity index (χ0v) is 21.9. The largest absolute Gasteiger partial charge is 0.465 e. The smallest absolute Gasteiger partial charge is 0.407 e. The van der Waals surface area contributed by atoms with E-state index in [0.29, 0.717) is 26.1 Å². The number of unbranched alkanes of at least 4 members (excludes halogenated alkanes) is 6. The van der Waals surface area contributed by atoms with Crippen LogP contribution >= 0.6 is 0 Å². The number of carbonyl (C=O) groups is 3. The summed E-state index contributed by atoms with van der Waals surface area (Å²) in [6, 6.07) is -0.599. The van der Waals surface area contributed by atoms with E-state index in [1.807, 2.05) is 4.90 Å². The van der Waals surface area contributed by atoms with Crippen molar-refractivity contribution in [1.82, 2.24) is 19.6 Å². The van der Waals surface area contributed by atoms with E-state index in [2.05, 4.69) is 0 Å². The van der Waals surface area contributed by atoms with E-state index in [1.165, 1.54) is 29.1 Å². The van der Waals surface area contributed by atoms with Gasteiger partial charge in [0.1, 0.15) is 0 Å². The third-order valence-corrected chi connectivity index (χ3v) is 6.64. The molecule has 0 aliphatic carbocycles. The Morgan fingerprint density at radius 3 is 1.89 bits per heavy atom. The molecule has 1 rings (SSSR count). The number of hydrogen-bond donors (Lipinski definition) is 4. The number of ether oxygens (including phenoxy) is 1. The Bertz CT molecular complexity index is 654. The van der Waals surface area contributed by atoms with E-state index >= 15 is 0 Å². The second-order valence-electron chi connectivity index (χ2n) is 9.53. The maximum absolute atomic E-state index is 11.8. The number of hydrogen-bond acceptors (Lipinski definition) is 6. The summed E-state index contributed by atoms with van der Waals surface area (Å²) >= 11 is 0. The van der Waals surface area contributed by atoms with Gasteiger partial charge in [-0.2, -0.15) is 0 Å². The van der Waals surface area contributed by atoms with Crippen molar-refractivity contribution in [2.24, 2.45) is 0 Å². The van der Waals surface area contributed by atoms with Crippen LogP contribution in [0, 0.1) is 0 Å². The standard InChI is InChI=1S/C24H46N4O8/c1-20-18-27(23(32)33)15-14-26(22(30)31)13-11-25(12-16-28(20)24(34)35)19-21(29)10-8-6-4-3-5-7-9-17-36-2/h20-21,29H,3-19H2,1-2H3,(H,30,31)(H,32,33)(H,34,35). The Morgan fingerprint density at radius 1 is 0.778 bits per heavy atom. The molecule has 0 spiro atoms. The van der Waals surface area contributed by atoms with E-state index in [4.69, 9.17) is 4.74 Å². The molecule has 1 saturated heterocycles.